The summed E-state index contributed by atoms with van der Waals surface area (Å²) in [4.78, 5) is 13.2. The van der Waals surface area contributed by atoms with Crippen molar-refractivity contribution in [3.63, 3.8) is 0 Å². The van der Waals surface area contributed by atoms with E-state index in [2.05, 4.69) is 40.0 Å². The molecular formula is C13H18I2N2O5SV. The Labute approximate surface area is 171 Å². The minimum absolute atomic E-state index is 0.0229. The summed E-state index contributed by atoms with van der Waals surface area (Å²) in [6.45, 7) is 2.10. The zero-order chi connectivity index (χ0) is 18.3. The fourth-order valence-electron chi connectivity index (χ4n) is 2.19. The van der Waals surface area contributed by atoms with Gasteiger partial charge in [-0.3, -0.25) is 0 Å². The van der Waals surface area contributed by atoms with Crippen molar-refractivity contribution in [2.24, 2.45) is 0 Å². The number of carboxylic acids is 1. The number of carbonyl (C=O) groups is 1. The fourth-order valence-corrected chi connectivity index (χ4v) is 3.64. The Balaban J connectivity index is 0.000000891. The molecule has 0 atom stereocenters. The average Bonchev–Trinajstić information content (AvgIpc) is 2.55. The Bertz CT molecular complexity index is 666. The van der Waals surface area contributed by atoms with E-state index >= 15 is 0 Å². The van der Waals surface area contributed by atoms with E-state index in [0.717, 1.165) is 6.07 Å². The molecule has 1 aliphatic rings. The first kappa shape index (κ1) is 22.4. The van der Waals surface area contributed by atoms with Gasteiger partial charge in [-0.25, -0.2) is 13.2 Å². The van der Waals surface area contributed by atoms with Crippen molar-refractivity contribution in [3.05, 3.63) is 23.8 Å². The van der Waals surface area contributed by atoms with Gasteiger partial charge in [-0.15, -0.1) is 0 Å². The Morgan fingerprint density at radius 2 is 1.79 bits per heavy atom. The van der Waals surface area contributed by atoms with Crippen LogP contribution in [0.2, 0.25) is 0 Å². The van der Waals surface area contributed by atoms with Crippen LogP contribution in [0.15, 0.2) is 23.1 Å². The minimum atomic E-state index is -3.68. The molecule has 1 aliphatic heterocycles. The maximum atomic E-state index is 12.5. The molecule has 1 heterocycles. The molecule has 1 aromatic rings. The second-order valence-corrected chi connectivity index (χ2v) is 18.7. The third-order valence-electron chi connectivity index (χ3n) is 3.50. The van der Waals surface area contributed by atoms with Crippen LogP contribution < -0.4 is 4.74 Å². The molecule has 0 aromatic heterocycles. The standard InChI is InChI=1S/C13H18N2O5S.2HI.V/c1-14-5-7-15(8-6-14)21(18,19)10-3-4-12(20-2)11(9-10)13(16)17;;;/h3-4,9H,5-8H2,1-2H3,(H,16,17);2*1H;/q;;;+2/p-2. The SMILES string of the molecule is COc1ccc(S(=O)(=O)N2CCN(C)CC2)cc1C(=O)O.[I][V][I]. The Morgan fingerprint density at radius 3 is 2.25 bits per heavy atom. The molecule has 0 radical (unpaired) electrons. The van der Waals surface area contributed by atoms with Crippen LogP contribution in [0, 0.1) is 0 Å². The van der Waals surface area contributed by atoms with E-state index in [1.807, 2.05) is 11.9 Å². The number of benzene rings is 1. The predicted molar refractivity (Wildman–Crippen MR) is 104 cm³/mol. The number of likely N-dealkylation sites (N-methyl/N-ethyl adjacent to an activating group) is 1. The second kappa shape index (κ2) is 10.5. The monoisotopic (exact) mass is 619 g/mol. The van der Waals surface area contributed by atoms with Crippen molar-refractivity contribution in [2.75, 3.05) is 40.3 Å². The van der Waals surface area contributed by atoms with Gasteiger partial charge in [-0.1, -0.05) is 0 Å². The summed E-state index contributed by atoms with van der Waals surface area (Å²) in [5.74, 6) is -1.08. The van der Waals surface area contributed by atoms with Gasteiger partial charge in [-0.2, -0.15) is 4.31 Å². The number of rotatable bonds is 4. The Kier molecular flexibility index (Phi) is 9.85. The van der Waals surface area contributed by atoms with Crippen molar-refractivity contribution < 1.29 is 32.5 Å². The van der Waals surface area contributed by atoms with E-state index in [1.54, 1.807) is 0 Å². The molecule has 7 nitrogen and oxygen atoms in total. The molecular weight excluding hydrogens is 601 g/mol. The number of hydrogen-bond acceptors (Lipinski definition) is 5. The van der Waals surface area contributed by atoms with Crippen LogP contribution in [0.1, 0.15) is 10.4 Å². The molecule has 11 heteroatoms. The van der Waals surface area contributed by atoms with E-state index in [0.29, 0.717) is 35.6 Å². The average molecular weight is 619 g/mol. The number of nitrogens with zero attached hydrogens (tertiary/aromatic N) is 2. The van der Waals surface area contributed by atoms with E-state index in [1.165, 1.54) is 23.5 Å². The molecule has 1 fully saturated rings. The van der Waals surface area contributed by atoms with Gasteiger partial charge in [0.05, 0.1) is 12.0 Å². The van der Waals surface area contributed by atoms with Crippen LogP contribution >= 0.6 is 40.0 Å². The molecule has 24 heavy (non-hydrogen) atoms. The van der Waals surface area contributed by atoms with Crippen LogP contribution in [0.5, 0.6) is 5.75 Å². The van der Waals surface area contributed by atoms with Crippen LogP contribution in [0.4, 0.5) is 0 Å². The Hall–Kier alpha value is 0.404. The van der Waals surface area contributed by atoms with Gasteiger partial charge in [-0.05, 0) is 25.2 Å². The molecule has 1 aromatic carbocycles. The van der Waals surface area contributed by atoms with Crippen LogP contribution in [0.3, 0.4) is 0 Å². The summed E-state index contributed by atoms with van der Waals surface area (Å²) < 4.78 is 31.4. The summed E-state index contributed by atoms with van der Waals surface area (Å²) in [7, 11) is 0.223. The number of carboxylic acid groups (broad SMARTS) is 1. The van der Waals surface area contributed by atoms with Gasteiger partial charge in [0.2, 0.25) is 10.0 Å². The zero-order valence-electron chi connectivity index (χ0n) is 13.1. The second-order valence-electron chi connectivity index (χ2n) is 4.94. The molecule has 0 unspecified atom stereocenters. The molecule has 0 saturated carbocycles. The molecule has 0 amide bonds. The van der Waals surface area contributed by atoms with E-state index in [-0.39, 0.29) is 16.2 Å². The summed E-state index contributed by atoms with van der Waals surface area (Å²) >= 11 is 4.74. The fraction of sp³-hybridized carbons (Fsp3) is 0.462. The first-order chi connectivity index (χ1) is 11.3. The summed E-state index contributed by atoms with van der Waals surface area (Å²) in [5.41, 5.74) is -0.160. The Morgan fingerprint density at radius 1 is 1.25 bits per heavy atom. The zero-order valence-corrected chi connectivity index (χ0v) is 19.7. The van der Waals surface area contributed by atoms with Gasteiger partial charge in [0, 0.05) is 26.2 Å². The van der Waals surface area contributed by atoms with Crippen molar-refractivity contribution in [1.82, 2.24) is 9.21 Å². The van der Waals surface area contributed by atoms with E-state index in [4.69, 9.17) is 9.84 Å². The number of hydrogen-bond donors (Lipinski definition) is 1. The van der Waals surface area contributed by atoms with E-state index in [9.17, 15) is 13.2 Å². The summed E-state index contributed by atoms with van der Waals surface area (Å²) in [6.07, 6.45) is 0. The van der Waals surface area contributed by atoms with Crippen LogP contribution in [0.25, 0.3) is 0 Å². The first-order valence-electron chi connectivity index (χ1n) is 6.80. The number of sulfonamides is 1. The van der Waals surface area contributed by atoms with Gasteiger partial charge < -0.3 is 14.7 Å². The summed E-state index contributed by atoms with van der Waals surface area (Å²) in [6, 6.07) is 3.89. The van der Waals surface area contributed by atoms with Crippen molar-refractivity contribution in [1.29, 1.82) is 0 Å². The molecule has 1 N–H and O–H groups in total. The summed E-state index contributed by atoms with van der Waals surface area (Å²) in [5, 5.41) is 9.14. The van der Waals surface area contributed by atoms with E-state index < -0.39 is 16.0 Å². The van der Waals surface area contributed by atoms with Crippen LogP contribution in [-0.2, 0) is 19.5 Å². The quantitative estimate of drug-likeness (QED) is 0.521. The topological polar surface area (TPSA) is 87.2 Å². The van der Waals surface area contributed by atoms with Gasteiger partial charge in [0.15, 0.2) is 0 Å². The normalized spacial score (nSPS) is 16.0. The van der Waals surface area contributed by atoms with Crippen molar-refractivity contribution in [2.45, 2.75) is 4.90 Å². The third kappa shape index (κ3) is 5.99. The maximum absolute atomic E-state index is 12.5. The van der Waals surface area contributed by atoms with Gasteiger partial charge in [0.1, 0.15) is 11.3 Å². The number of methoxy groups -OCH3 is 1. The third-order valence-corrected chi connectivity index (χ3v) is 5.40. The number of ether oxygens (including phenoxy) is 1. The molecule has 0 bridgehead atoms. The molecule has 0 spiro atoms. The van der Waals surface area contributed by atoms with Crippen molar-refractivity contribution >= 4 is 56.0 Å². The number of halogens is 2. The predicted octanol–water partition coefficient (Wildman–Crippen LogP) is 2.10. The number of piperazine rings is 1. The van der Waals surface area contributed by atoms with Gasteiger partial charge >= 0.3 is 55.4 Å². The van der Waals surface area contributed by atoms with Gasteiger partial charge in [0.25, 0.3) is 0 Å². The first-order valence-corrected chi connectivity index (χ1v) is 17.3. The molecule has 0 aliphatic carbocycles. The van der Waals surface area contributed by atoms with Crippen LogP contribution in [-0.4, -0.2) is 69.0 Å². The molecule has 2 rings (SSSR count). The molecule has 135 valence electrons. The molecule has 1 saturated heterocycles. The number of aromatic carboxylic acids is 1. The van der Waals surface area contributed by atoms with Crippen molar-refractivity contribution in [3.8, 4) is 5.75 Å².